The molecule has 0 aliphatic carbocycles. The molecule has 0 saturated carbocycles. The summed E-state index contributed by atoms with van der Waals surface area (Å²) in [5.74, 6) is -0.352. The molecule has 2 rings (SSSR count). The maximum Gasteiger partial charge on any atom is 0.238 e. The number of carbonyl (C=O) groups is 1. The van der Waals surface area contributed by atoms with Crippen LogP contribution in [-0.4, -0.2) is 12.5 Å². The largest absolute Gasteiger partial charge is 0.322 e. The van der Waals surface area contributed by atoms with Gasteiger partial charge in [0.25, 0.3) is 0 Å². The van der Waals surface area contributed by atoms with Gasteiger partial charge >= 0.3 is 0 Å². The van der Waals surface area contributed by atoms with Crippen molar-refractivity contribution < 1.29 is 9.18 Å². The standard InChI is InChI=1S/C18H21FN2O/c1-13(2)18(14-8-4-3-5-9-14)20-12-17(22)21-16-11-7-6-10-15(16)19/h3-11,13,18,20H,12H2,1-2H3,(H,21,22)/t18-/m0/s1. The maximum atomic E-state index is 13.5. The van der Waals surface area contributed by atoms with Gasteiger partial charge in [0.1, 0.15) is 5.82 Å². The van der Waals surface area contributed by atoms with Crippen LogP contribution in [0.4, 0.5) is 10.1 Å². The second kappa shape index (κ2) is 7.71. The summed E-state index contributed by atoms with van der Waals surface area (Å²) in [5.41, 5.74) is 1.34. The molecule has 3 nitrogen and oxygen atoms in total. The molecule has 2 aromatic carbocycles. The van der Waals surface area contributed by atoms with Crippen LogP contribution in [0.15, 0.2) is 54.6 Å². The van der Waals surface area contributed by atoms with Crippen molar-refractivity contribution in [3.63, 3.8) is 0 Å². The van der Waals surface area contributed by atoms with Gasteiger partial charge in [0, 0.05) is 6.04 Å². The highest BCUT2D eigenvalue weighted by molar-refractivity contribution is 5.92. The van der Waals surface area contributed by atoms with Crippen molar-refractivity contribution in [3.8, 4) is 0 Å². The lowest BCUT2D eigenvalue weighted by Gasteiger charge is -2.22. The number of amides is 1. The SMILES string of the molecule is CC(C)[C@H](NCC(=O)Nc1ccccc1F)c1ccccc1. The molecule has 1 atom stereocenters. The average Bonchev–Trinajstić information content (AvgIpc) is 2.50. The van der Waals surface area contributed by atoms with Gasteiger partial charge in [-0.1, -0.05) is 56.3 Å². The Labute approximate surface area is 130 Å². The molecular weight excluding hydrogens is 279 g/mol. The van der Waals surface area contributed by atoms with E-state index >= 15 is 0 Å². The van der Waals surface area contributed by atoms with E-state index in [1.807, 2.05) is 30.3 Å². The lowest BCUT2D eigenvalue weighted by atomic mass is 9.96. The molecule has 2 aromatic rings. The topological polar surface area (TPSA) is 41.1 Å². The first-order valence-electron chi connectivity index (χ1n) is 7.40. The first-order valence-corrected chi connectivity index (χ1v) is 7.40. The van der Waals surface area contributed by atoms with Crippen molar-refractivity contribution in [2.75, 3.05) is 11.9 Å². The highest BCUT2D eigenvalue weighted by Crippen LogP contribution is 2.21. The molecule has 0 bridgehead atoms. The summed E-state index contributed by atoms with van der Waals surface area (Å²) in [6.45, 7) is 4.32. The second-order valence-corrected chi connectivity index (χ2v) is 5.54. The van der Waals surface area contributed by atoms with Crippen LogP contribution in [0.3, 0.4) is 0 Å². The molecule has 0 saturated heterocycles. The Bertz CT molecular complexity index is 613. The highest BCUT2D eigenvalue weighted by Gasteiger charge is 2.16. The van der Waals surface area contributed by atoms with Crippen LogP contribution in [-0.2, 0) is 4.79 Å². The molecule has 0 unspecified atom stereocenters. The summed E-state index contributed by atoms with van der Waals surface area (Å²) in [6, 6.07) is 16.2. The molecule has 116 valence electrons. The monoisotopic (exact) mass is 300 g/mol. The molecule has 4 heteroatoms. The Morgan fingerprint density at radius 2 is 1.68 bits per heavy atom. The Hall–Kier alpha value is -2.20. The van der Waals surface area contributed by atoms with Crippen LogP contribution >= 0.6 is 0 Å². The minimum absolute atomic E-state index is 0.0765. The van der Waals surface area contributed by atoms with Crippen molar-refractivity contribution in [3.05, 3.63) is 66.0 Å². The van der Waals surface area contributed by atoms with Crippen molar-refractivity contribution in [1.82, 2.24) is 5.32 Å². The van der Waals surface area contributed by atoms with Gasteiger partial charge in [0.2, 0.25) is 5.91 Å². The molecule has 2 N–H and O–H groups in total. The highest BCUT2D eigenvalue weighted by atomic mass is 19.1. The van der Waals surface area contributed by atoms with E-state index in [-0.39, 0.29) is 24.2 Å². The summed E-state index contributed by atoms with van der Waals surface area (Å²) < 4.78 is 13.5. The minimum Gasteiger partial charge on any atom is -0.322 e. The van der Waals surface area contributed by atoms with E-state index in [0.29, 0.717) is 5.92 Å². The summed E-state index contributed by atoms with van der Waals surface area (Å²) in [7, 11) is 0. The fourth-order valence-corrected chi connectivity index (χ4v) is 2.36. The third-order valence-electron chi connectivity index (χ3n) is 3.46. The Kier molecular flexibility index (Phi) is 5.67. The molecule has 22 heavy (non-hydrogen) atoms. The van der Waals surface area contributed by atoms with Crippen molar-refractivity contribution in [1.29, 1.82) is 0 Å². The summed E-state index contributed by atoms with van der Waals surface area (Å²) >= 11 is 0. The zero-order valence-electron chi connectivity index (χ0n) is 12.8. The minimum atomic E-state index is -0.431. The van der Waals surface area contributed by atoms with Gasteiger partial charge in [-0.2, -0.15) is 0 Å². The lowest BCUT2D eigenvalue weighted by molar-refractivity contribution is -0.115. The Morgan fingerprint density at radius 3 is 2.32 bits per heavy atom. The third-order valence-corrected chi connectivity index (χ3v) is 3.46. The van der Waals surface area contributed by atoms with E-state index in [0.717, 1.165) is 5.56 Å². The smallest absolute Gasteiger partial charge is 0.238 e. The van der Waals surface area contributed by atoms with Crippen LogP contribution < -0.4 is 10.6 Å². The number of rotatable bonds is 6. The molecule has 0 aliphatic heterocycles. The van der Waals surface area contributed by atoms with E-state index < -0.39 is 5.82 Å². The van der Waals surface area contributed by atoms with Crippen LogP contribution in [0.2, 0.25) is 0 Å². The fraction of sp³-hybridized carbons (Fsp3) is 0.278. The number of hydrogen-bond donors (Lipinski definition) is 2. The number of hydrogen-bond acceptors (Lipinski definition) is 2. The number of carbonyl (C=O) groups excluding carboxylic acids is 1. The molecule has 0 spiro atoms. The number of anilines is 1. The van der Waals surface area contributed by atoms with Crippen LogP contribution in [0, 0.1) is 11.7 Å². The molecule has 0 aromatic heterocycles. The maximum absolute atomic E-state index is 13.5. The zero-order valence-corrected chi connectivity index (χ0v) is 12.8. The van der Waals surface area contributed by atoms with Gasteiger partial charge in [-0.05, 0) is 23.6 Å². The normalized spacial score (nSPS) is 12.2. The summed E-state index contributed by atoms with van der Waals surface area (Å²) in [4.78, 5) is 12.0. The predicted octanol–water partition coefficient (Wildman–Crippen LogP) is 3.75. The molecule has 0 fully saturated rings. The van der Waals surface area contributed by atoms with Gasteiger partial charge in [-0.15, -0.1) is 0 Å². The number of nitrogens with one attached hydrogen (secondary N) is 2. The summed E-state index contributed by atoms with van der Waals surface area (Å²) in [5, 5.41) is 5.82. The van der Waals surface area contributed by atoms with E-state index in [4.69, 9.17) is 0 Å². The Morgan fingerprint density at radius 1 is 1.05 bits per heavy atom. The van der Waals surface area contributed by atoms with Gasteiger partial charge in [-0.25, -0.2) is 4.39 Å². The van der Waals surface area contributed by atoms with Gasteiger partial charge in [0.05, 0.1) is 12.2 Å². The number of benzene rings is 2. The van der Waals surface area contributed by atoms with Crippen LogP contribution in [0.1, 0.15) is 25.5 Å². The average molecular weight is 300 g/mol. The first-order chi connectivity index (χ1) is 10.6. The Balaban J connectivity index is 1.95. The van der Waals surface area contributed by atoms with Crippen molar-refractivity contribution >= 4 is 11.6 Å². The third kappa shape index (κ3) is 4.40. The second-order valence-electron chi connectivity index (χ2n) is 5.54. The van der Waals surface area contributed by atoms with E-state index in [1.165, 1.54) is 6.07 Å². The zero-order chi connectivity index (χ0) is 15.9. The molecule has 0 radical (unpaired) electrons. The van der Waals surface area contributed by atoms with Gasteiger partial charge < -0.3 is 10.6 Å². The lowest BCUT2D eigenvalue weighted by Crippen LogP contribution is -2.33. The van der Waals surface area contributed by atoms with E-state index in [1.54, 1.807) is 18.2 Å². The molecule has 0 heterocycles. The fourth-order valence-electron chi connectivity index (χ4n) is 2.36. The van der Waals surface area contributed by atoms with Gasteiger partial charge in [0.15, 0.2) is 0 Å². The predicted molar refractivity (Wildman–Crippen MR) is 87.1 cm³/mol. The van der Waals surface area contributed by atoms with E-state index in [2.05, 4.69) is 24.5 Å². The molecular formula is C18H21FN2O. The summed E-state index contributed by atoms with van der Waals surface area (Å²) in [6.07, 6.45) is 0. The number of halogens is 1. The first kappa shape index (κ1) is 16.2. The van der Waals surface area contributed by atoms with E-state index in [9.17, 15) is 9.18 Å². The molecule has 1 amide bonds. The van der Waals surface area contributed by atoms with Crippen molar-refractivity contribution in [2.45, 2.75) is 19.9 Å². The van der Waals surface area contributed by atoms with Gasteiger partial charge in [-0.3, -0.25) is 4.79 Å². The van der Waals surface area contributed by atoms with Crippen LogP contribution in [0.25, 0.3) is 0 Å². The molecule has 0 aliphatic rings. The van der Waals surface area contributed by atoms with Crippen LogP contribution in [0.5, 0.6) is 0 Å². The van der Waals surface area contributed by atoms with Crippen molar-refractivity contribution in [2.24, 2.45) is 5.92 Å². The number of para-hydroxylation sites is 1. The quantitative estimate of drug-likeness (QED) is 0.853.